The largest absolute Gasteiger partial charge is 0.480 e. The molecule has 1 aliphatic rings. The van der Waals surface area contributed by atoms with Crippen molar-refractivity contribution in [3.8, 4) is 0 Å². The molecule has 1 fully saturated rings. The van der Waals surface area contributed by atoms with E-state index in [9.17, 15) is 4.79 Å². The Morgan fingerprint density at radius 3 is 2.75 bits per heavy atom. The number of hydrogen-bond donors (Lipinski definition) is 2. The van der Waals surface area contributed by atoms with E-state index < -0.39 is 11.5 Å². The number of hydrogen-bond acceptors (Lipinski definition) is 2. The number of halogens is 1. The molecule has 0 spiro atoms. The third kappa shape index (κ3) is 2.20. The average molecular weight is 240 g/mol. The molecular formula is C12H14ClNO2. The number of benzene rings is 1. The number of nitrogens with one attached hydrogen (secondary N) is 1. The highest BCUT2D eigenvalue weighted by molar-refractivity contribution is 6.31. The molecule has 0 bridgehead atoms. The van der Waals surface area contributed by atoms with Gasteiger partial charge in [0, 0.05) is 11.6 Å². The van der Waals surface area contributed by atoms with Gasteiger partial charge in [0.2, 0.25) is 0 Å². The molecule has 1 aliphatic carbocycles. The number of carboxylic acid groups (broad SMARTS) is 1. The van der Waals surface area contributed by atoms with Gasteiger partial charge in [-0.15, -0.1) is 0 Å². The number of aliphatic carboxylic acids is 1. The third-order valence-corrected chi connectivity index (χ3v) is 3.34. The van der Waals surface area contributed by atoms with Crippen LogP contribution >= 0.6 is 11.6 Å². The van der Waals surface area contributed by atoms with E-state index in [1.807, 2.05) is 25.1 Å². The highest BCUT2D eigenvalue weighted by Crippen LogP contribution is 2.36. The van der Waals surface area contributed by atoms with Crippen LogP contribution in [-0.2, 0) is 11.3 Å². The molecule has 3 nitrogen and oxygen atoms in total. The van der Waals surface area contributed by atoms with Crippen LogP contribution in [0.25, 0.3) is 0 Å². The smallest absolute Gasteiger partial charge is 0.323 e. The lowest BCUT2D eigenvalue weighted by molar-refractivity contribution is -0.140. The zero-order valence-electron chi connectivity index (χ0n) is 9.09. The summed E-state index contributed by atoms with van der Waals surface area (Å²) in [5.74, 6) is -0.768. The highest BCUT2D eigenvalue weighted by atomic mass is 35.5. The van der Waals surface area contributed by atoms with Crippen LogP contribution in [0, 0.1) is 6.92 Å². The van der Waals surface area contributed by atoms with Crippen molar-refractivity contribution < 1.29 is 9.90 Å². The van der Waals surface area contributed by atoms with Gasteiger partial charge in [-0.1, -0.05) is 23.7 Å². The fourth-order valence-electron chi connectivity index (χ4n) is 1.65. The molecule has 1 aromatic rings. The summed E-state index contributed by atoms with van der Waals surface area (Å²) >= 11 is 6.07. The number of aryl methyl sites for hydroxylation is 1. The quantitative estimate of drug-likeness (QED) is 0.848. The monoisotopic (exact) mass is 239 g/mol. The molecule has 86 valence electrons. The fraction of sp³-hybridized carbons (Fsp3) is 0.417. The normalized spacial score (nSPS) is 17.1. The molecule has 0 atom stereocenters. The molecule has 2 N–H and O–H groups in total. The number of rotatable bonds is 4. The Balaban J connectivity index is 2.03. The molecule has 1 saturated carbocycles. The van der Waals surface area contributed by atoms with Crippen molar-refractivity contribution >= 4 is 17.6 Å². The van der Waals surface area contributed by atoms with E-state index >= 15 is 0 Å². The van der Waals surface area contributed by atoms with Gasteiger partial charge in [0.1, 0.15) is 5.54 Å². The van der Waals surface area contributed by atoms with Crippen LogP contribution in [0.3, 0.4) is 0 Å². The second-order valence-electron chi connectivity index (χ2n) is 4.34. The summed E-state index contributed by atoms with van der Waals surface area (Å²) in [5, 5.41) is 12.8. The van der Waals surface area contributed by atoms with E-state index in [4.69, 9.17) is 16.7 Å². The van der Waals surface area contributed by atoms with Crippen LogP contribution in [0.5, 0.6) is 0 Å². The zero-order chi connectivity index (χ0) is 11.8. The zero-order valence-corrected chi connectivity index (χ0v) is 9.84. The van der Waals surface area contributed by atoms with Crippen LogP contribution < -0.4 is 5.32 Å². The van der Waals surface area contributed by atoms with Gasteiger partial charge in [-0.2, -0.15) is 0 Å². The average Bonchev–Trinajstić information content (AvgIpc) is 2.97. The van der Waals surface area contributed by atoms with Gasteiger partial charge in [0.25, 0.3) is 0 Å². The Hall–Kier alpha value is -1.06. The van der Waals surface area contributed by atoms with Gasteiger partial charge in [0.05, 0.1) is 0 Å². The molecule has 0 unspecified atom stereocenters. The molecule has 0 aliphatic heterocycles. The minimum atomic E-state index is -0.768. The second-order valence-corrected chi connectivity index (χ2v) is 4.74. The summed E-state index contributed by atoms with van der Waals surface area (Å²) < 4.78 is 0. The van der Waals surface area contributed by atoms with Gasteiger partial charge in [0.15, 0.2) is 0 Å². The molecule has 0 heterocycles. The maximum Gasteiger partial charge on any atom is 0.323 e. The summed E-state index contributed by atoms with van der Waals surface area (Å²) in [5.41, 5.74) is 1.35. The van der Waals surface area contributed by atoms with Crippen LogP contribution in [0.2, 0.25) is 5.02 Å². The van der Waals surface area contributed by atoms with Crippen LogP contribution in [0.15, 0.2) is 18.2 Å². The Morgan fingerprint density at radius 2 is 2.25 bits per heavy atom. The lowest BCUT2D eigenvalue weighted by Crippen LogP contribution is -2.38. The van der Waals surface area contributed by atoms with E-state index in [0.29, 0.717) is 24.4 Å². The van der Waals surface area contributed by atoms with Gasteiger partial charge in [-0.3, -0.25) is 10.1 Å². The Labute approximate surface area is 99.4 Å². The van der Waals surface area contributed by atoms with Crippen molar-refractivity contribution in [2.24, 2.45) is 0 Å². The van der Waals surface area contributed by atoms with E-state index in [0.717, 1.165) is 11.1 Å². The molecule has 2 rings (SSSR count). The molecule has 0 saturated heterocycles. The van der Waals surface area contributed by atoms with Crippen molar-refractivity contribution in [1.29, 1.82) is 0 Å². The van der Waals surface area contributed by atoms with E-state index in [1.165, 1.54) is 0 Å². The van der Waals surface area contributed by atoms with E-state index in [-0.39, 0.29) is 0 Å². The molecule has 0 amide bonds. The standard InChI is InChI=1S/C12H14ClNO2/c1-8-2-3-9(10(13)6-8)7-14-12(4-5-12)11(15)16/h2-3,6,14H,4-5,7H2,1H3,(H,15,16). The summed E-state index contributed by atoms with van der Waals surface area (Å²) in [7, 11) is 0. The molecule has 0 radical (unpaired) electrons. The predicted molar refractivity (Wildman–Crippen MR) is 62.6 cm³/mol. The van der Waals surface area contributed by atoms with Crippen LogP contribution in [0.1, 0.15) is 24.0 Å². The van der Waals surface area contributed by atoms with Gasteiger partial charge >= 0.3 is 5.97 Å². The van der Waals surface area contributed by atoms with Crippen molar-refractivity contribution in [2.45, 2.75) is 31.8 Å². The lowest BCUT2D eigenvalue weighted by Gasteiger charge is -2.13. The lowest BCUT2D eigenvalue weighted by atomic mass is 10.1. The summed E-state index contributed by atoms with van der Waals surface area (Å²) in [6, 6.07) is 5.80. The maximum atomic E-state index is 10.9. The molecule has 16 heavy (non-hydrogen) atoms. The van der Waals surface area contributed by atoms with Gasteiger partial charge in [-0.25, -0.2) is 0 Å². The Bertz CT molecular complexity index is 427. The first kappa shape index (κ1) is 11.4. The minimum Gasteiger partial charge on any atom is -0.480 e. The molecule has 4 heteroatoms. The van der Waals surface area contributed by atoms with Crippen molar-refractivity contribution in [3.05, 3.63) is 34.3 Å². The minimum absolute atomic E-state index is 0.505. The van der Waals surface area contributed by atoms with E-state index in [2.05, 4.69) is 5.32 Å². The van der Waals surface area contributed by atoms with Crippen molar-refractivity contribution in [2.75, 3.05) is 0 Å². The van der Waals surface area contributed by atoms with Crippen LogP contribution in [0.4, 0.5) is 0 Å². The molecular weight excluding hydrogens is 226 g/mol. The first-order valence-corrected chi connectivity index (χ1v) is 5.65. The topological polar surface area (TPSA) is 49.3 Å². The molecule has 1 aromatic carbocycles. The van der Waals surface area contributed by atoms with Gasteiger partial charge < -0.3 is 5.11 Å². The third-order valence-electron chi connectivity index (χ3n) is 2.99. The van der Waals surface area contributed by atoms with Crippen LogP contribution in [-0.4, -0.2) is 16.6 Å². The Kier molecular flexibility index (Phi) is 2.91. The second kappa shape index (κ2) is 4.07. The summed E-state index contributed by atoms with van der Waals surface area (Å²) in [4.78, 5) is 10.9. The summed E-state index contributed by atoms with van der Waals surface area (Å²) in [6.07, 6.45) is 1.40. The highest BCUT2D eigenvalue weighted by Gasteiger charge is 2.49. The number of carbonyl (C=O) groups is 1. The maximum absolute atomic E-state index is 10.9. The first-order valence-electron chi connectivity index (χ1n) is 5.27. The fourth-order valence-corrected chi connectivity index (χ4v) is 1.95. The SMILES string of the molecule is Cc1ccc(CNC2(C(=O)O)CC2)c(Cl)c1. The first-order chi connectivity index (χ1) is 7.53. The van der Waals surface area contributed by atoms with Crippen molar-refractivity contribution in [1.82, 2.24) is 5.32 Å². The molecule has 0 aromatic heterocycles. The predicted octanol–water partition coefficient (Wildman–Crippen LogP) is 2.36. The number of carboxylic acids is 1. The van der Waals surface area contributed by atoms with Crippen molar-refractivity contribution in [3.63, 3.8) is 0 Å². The van der Waals surface area contributed by atoms with E-state index in [1.54, 1.807) is 0 Å². The Morgan fingerprint density at radius 1 is 1.56 bits per heavy atom. The van der Waals surface area contributed by atoms with Gasteiger partial charge in [-0.05, 0) is 37.0 Å². The summed E-state index contributed by atoms with van der Waals surface area (Å²) in [6.45, 7) is 2.48.